The highest BCUT2D eigenvalue weighted by atomic mass is 35.5. The van der Waals surface area contributed by atoms with Gasteiger partial charge < -0.3 is 14.0 Å². The molecule has 6 nitrogen and oxygen atoms in total. The smallest absolute Gasteiger partial charge is 0.338 e. The summed E-state index contributed by atoms with van der Waals surface area (Å²) in [5.74, 6) is 0.843. The van der Waals surface area contributed by atoms with E-state index in [0.717, 1.165) is 16.7 Å². The van der Waals surface area contributed by atoms with Crippen molar-refractivity contribution in [2.45, 2.75) is 13.5 Å². The Morgan fingerprint density at radius 1 is 1.22 bits per heavy atom. The Hall–Kier alpha value is -3.12. The van der Waals surface area contributed by atoms with Crippen molar-refractivity contribution in [1.29, 1.82) is 0 Å². The van der Waals surface area contributed by atoms with Crippen LogP contribution in [0.4, 0.5) is 0 Å². The molecule has 1 aliphatic rings. The molecule has 4 rings (SSSR count). The highest BCUT2D eigenvalue weighted by molar-refractivity contribution is 6.30. The van der Waals surface area contributed by atoms with Crippen LogP contribution in [0.3, 0.4) is 0 Å². The van der Waals surface area contributed by atoms with E-state index in [1.807, 2.05) is 31.2 Å². The maximum Gasteiger partial charge on any atom is 0.338 e. The van der Waals surface area contributed by atoms with E-state index in [2.05, 4.69) is 10.1 Å². The van der Waals surface area contributed by atoms with Gasteiger partial charge in [0.05, 0.1) is 5.57 Å². The number of benzene rings is 2. The van der Waals surface area contributed by atoms with E-state index in [9.17, 15) is 4.79 Å². The summed E-state index contributed by atoms with van der Waals surface area (Å²) in [6, 6.07) is 13.0. The monoisotopic (exact) mass is 382 g/mol. The molecule has 0 N–H and O–H groups in total. The molecule has 0 fully saturated rings. The van der Waals surface area contributed by atoms with Crippen LogP contribution >= 0.6 is 11.6 Å². The number of ether oxygens (including phenoxy) is 2. The Morgan fingerprint density at radius 3 is 2.85 bits per heavy atom. The van der Waals surface area contributed by atoms with Crippen molar-refractivity contribution in [3.63, 3.8) is 0 Å². The summed E-state index contributed by atoms with van der Waals surface area (Å²) >= 11 is 5.98. The summed E-state index contributed by atoms with van der Waals surface area (Å²) in [5.41, 5.74) is 3.10. The Labute approximate surface area is 160 Å². The highest BCUT2D eigenvalue weighted by Crippen LogP contribution is 2.29. The Morgan fingerprint density at radius 2 is 2.04 bits per heavy atom. The molecule has 136 valence electrons. The van der Waals surface area contributed by atoms with Gasteiger partial charge in [-0.1, -0.05) is 46.6 Å². The van der Waals surface area contributed by atoms with Crippen molar-refractivity contribution < 1.29 is 18.8 Å². The minimum absolute atomic E-state index is 0.114. The number of carbonyl (C=O) groups is 1. The molecule has 0 aliphatic carbocycles. The minimum atomic E-state index is -0.504. The predicted octanol–water partition coefficient (Wildman–Crippen LogP) is 4.22. The van der Waals surface area contributed by atoms with Crippen LogP contribution in [0.2, 0.25) is 5.02 Å². The second kappa shape index (κ2) is 7.25. The number of nitrogens with zero attached hydrogens (tertiary/aromatic N) is 2. The maximum absolute atomic E-state index is 12.3. The number of hydrogen-bond acceptors (Lipinski definition) is 6. The molecule has 0 unspecified atom stereocenters. The topological polar surface area (TPSA) is 74.5 Å². The van der Waals surface area contributed by atoms with Crippen molar-refractivity contribution in [3.05, 3.63) is 70.1 Å². The van der Waals surface area contributed by atoms with E-state index >= 15 is 0 Å². The van der Waals surface area contributed by atoms with Gasteiger partial charge in [0.1, 0.15) is 12.4 Å². The second-order valence-corrected chi connectivity index (χ2v) is 6.53. The fourth-order valence-corrected chi connectivity index (χ4v) is 2.80. The summed E-state index contributed by atoms with van der Waals surface area (Å²) in [5, 5.41) is 4.48. The Bertz CT molecular complexity index is 1020. The number of esters is 1. The van der Waals surface area contributed by atoms with Crippen molar-refractivity contribution in [2.24, 2.45) is 0 Å². The van der Waals surface area contributed by atoms with E-state index in [4.69, 9.17) is 25.6 Å². The number of aromatic nitrogens is 2. The average molecular weight is 383 g/mol. The molecule has 27 heavy (non-hydrogen) atoms. The van der Waals surface area contributed by atoms with Gasteiger partial charge in [-0.2, -0.15) is 4.98 Å². The van der Waals surface area contributed by atoms with Crippen LogP contribution in [0.15, 0.2) is 52.6 Å². The zero-order chi connectivity index (χ0) is 18.8. The number of rotatable bonds is 4. The van der Waals surface area contributed by atoms with Crippen LogP contribution < -0.4 is 4.74 Å². The zero-order valence-electron chi connectivity index (χ0n) is 14.4. The lowest BCUT2D eigenvalue weighted by atomic mass is 10.1. The molecular formula is C20H15ClN2O4. The first kappa shape index (κ1) is 17.3. The number of fused-ring (bicyclic) bond motifs is 1. The standard InChI is InChI=1S/C20H15ClN2O4/c1-12-2-4-13(5-3-12)19-22-18(27-23-19)11-26-20(24)15-8-14-9-16(21)6-7-17(14)25-10-15/h2-9H,10-11H2,1H3. The van der Waals surface area contributed by atoms with Gasteiger partial charge in [0.25, 0.3) is 5.89 Å². The molecule has 0 saturated heterocycles. The molecule has 0 atom stereocenters. The molecule has 7 heteroatoms. The van der Waals surface area contributed by atoms with E-state index in [1.54, 1.807) is 24.3 Å². The van der Waals surface area contributed by atoms with Crippen molar-refractivity contribution in [3.8, 4) is 17.1 Å². The summed E-state index contributed by atoms with van der Waals surface area (Å²) in [6.45, 7) is 2.02. The van der Waals surface area contributed by atoms with Crippen molar-refractivity contribution in [1.82, 2.24) is 10.1 Å². The lowest BCUT2D eigenvalue weighted by molar-refractivity contribution is -0.141. The van der Waals surface area contributed by atoms with Gasteiger partial charge in [0, 0.05) is 16.1 Å². The maximum atomic E-state index is 12.3. The van der Waals surface area contributed by atoms with E-state index in [1.165, 1.54) is 0 Å². The van der Waals surface area contributed by atoms with Gasteiger partial charge in [-0.15, -0.1) is 0 Å². The summed E-state index contributed by atoms with van der Waals surface area (Å²) in [4.78, 5) is 16.5. The zero-order valence-corrected chi connectivity index (χ0v) is 15.2. The van der Waals surface area contributed by atoms with Crippen molar-refractivity contribution in [2.75, 3.05) is 6.61 Å². The van der Waals surface area contributed by atoms with Crippen LogP contribution in [-0.4, -0.2) is 22.7 Å². The molecule has 1 aliphatic heterocycles. The quantitative estimate of drug-likeness (QED) is 0.629. The molecular weight excluding hydrogens is 368 g/mol. The van der Waals surface area contributed by atoms with Gasteiger partial charge >= 0.3 is 5.97 Å². The summed E-state index contributed by atoms with van der Waals surface area (Å²) in [7, 11) is 0. The third-order valence-electron chi connectivity index (χ3n) is 4.05. The normalized spacial score (nSPS) is 12.7. The van der Waals surface area contributed by atoms with Gasteiger partial charge in [-0.3, -0.25) is 0 Å². The average Bonchev–Trinajstić information content (AvgIpc) is 3.15. The van der Waals surface area contributed by atoms with Gasteiger partial charge in [0.2, 0.25) is 5.82 Å². The van der Waals surface area contributed by atoms with Crippen LogP contribution in [0.1, 0.15) is 17.0 Å². The van der Waals surface area contributed by atoms with Gasteiger partial charge in [-0.25, -0.2) is 4.79 Å². The fourth-order valence-electron chi connectivity index (χ4n) is 2.62. The molecule has 0 radical (unpaired) electrons. The van der Waals surface area contributed by atoms with Crippen molar-refractivity contribution >= 4 is 23.6 Å². The first-order chi connectivity index (χ1) is 13.1. The highest BCUT2D eigenvalue weighted by Gasteiger charge is 2.20. The number of halogens is 1. The van der Waals surface area contributed by atoms with E-state index < -0.39 is 5.97 Å². The molecule has 1 aromatic heterocycles. The Kier molecular flexibility index (Phi) is 4.64. The van der Waals surface area contributed by atoms with Crippen LogP contribution in [0, 0.1) is 6.92 Å². The first-order valence-corrected chi connectivity index (χ1v) is 8.66. The summed E-state index contributed by atoms with van der Waals surface area (Å²) in [6.07, 6.45) is 1.71. The molecule has 2 aromatic carbocycles. The number of carbonyl (C=O) groups excluding carboxylic acids is 1. The fraction of sp³-hybridized carbons (Fsp3) is 0.150. The first-order valence-electron chi connectivity index (χ1n) is 8.28. The SMILES string of the molecule is Cc1ccc(-c2noc(COC(=O)C3=Cc4cc(Cl)ccc4OC3)n2)cc1. The summed E-state index contributed by atoms with van der Waals surface area (Å²) < 4.78 is 16.0. The molecule has 0 bridgehead atoms. The lowest BCUT2D eigenvalue weighted by Crippen LogP contribution is -2.17. The molecule has 0 amide bonds. The Balaban J connectivity index is 1.42. The van der Waals surface area contributed by atoms with E-state index in [-0.39, 0.29) is 19.1 Å². The number of aryl methyl sites for hydroxylation is 1. The minimum Gasteiger partial charge on any atom is -0.488 e. The van der Waals surface area contributed by atoms with Crippen LogP contribution in [0.25, 0.3) is 17.5 Å². The van der Waals surface area contributed by atoms with Gasteiger partial charge in [-0.05, 0) is 31.2 Å². The lowest BCUT2D eigenvalue weighted by Gasteiger charge is -2.17. The predicted molar refractivity (Wildman–Crippen MR) is 99.2 cm³/mol. The molecule has 0 saturated carbocycles. The molecule has 2 heterocycles. The van der Waals surface area contributed by atoms with Gasteiger partial charge in [0.15, 0.2) is 6.61 Å². The largest absolute Gasteiger partial charge is 0.488 e. The van der Waals surface area contributed by atoms with E-state index in [0.29, 0.717) is 22.2 Å². The van der Waals surface area contributed by atoms with Crippen LogP contribution in [-0.2, 0) is 16.1 Å². The number of hydrogen-bond donors (Lipinski definition) is 0. The third kappa shape index (κ3) is 3.85. The molecule has 0 spiro atoms. The second-order valence-electron chi connectivity index (χ2n) is 6.09. The third-order valence-corrected chi connectivity index (χ3v) is 4.29. The van der Waals surface area contributed by atoms with Crippen LogP contribution in [0.5, 0.6) is 5.75 Å². The molecule has 3 aromatic rings.